The molecule has 1 unspecified atom stereocenters. The number of allylic oxidation sites excluding steroid dienone is 2. The number of aliphatic hydroxyl groups excluding tert-OH is 2. The van der Waals surface area contributed by atoms with Crippen LogP contribution in [-0.4, -0.2) is 39.4 Å². The van der Waals surface area contributed by atoms with Gasteiger partial charge in [-0.3, -0.25) is 4.79 Å². The van der Waals surface area contributed by atoms with Crippen molar-refractivity contribution in [1.29, 1.82) is 0 Å². The number of carboxylic acids is 1. The van der Waals surface area contributed by atoms with E-state index in [4.69, 9.17) is 21.4 Å². The molecule has 5 nitrogen and oxygen atoms in total. The SMILES string of the molecule is O=C(O)CCC/C=C\C[C@@H]1[C@@H](COc2cccc3c2CCCC3O)[C@H](O)C[C@@H]1Cl. The number of ether oxygens (including phenoxy) is 1. The molecule has 1 saturated carbocycles. The average molecular weight is 423 g/mol. The van der Waals surface area contributed by atoms with Gasteiger partial charge in [-0.2, -0.15) is 0 Å². The van der Waals surface area contributed by atoms with Crippen molar-refractivity contribution < 1.29 is 24.9 Å². The molecule has 3 N–H and O–H groups in total. The lowest BCUT2D eigenvalue weighted by Gasteiger charge is -2.26. The third-order valence-corrected chi connectivity index (χ3v) is 6.68. The Labute approximate surface area is 177 Å². The third-order valence-electron chi connectivity index (χ3n) is 6.18. The second kappa shape index (κ2) is 10.5. The number of halogens is 1. The molecule has 5 atom stereocenters. The number of carboxylic acid groups (broad SMARTS) is 1. The van der Waals surface area contributed by atoms with Crippen LogP contribution in [0.4, 0.5) is 0 Å². The summed E-state index contributed by atoms with van der Waals surface area (Å²) in [5, 5.41) is 29.3. The Morgan fingerprint density at radius 3 is 2.86 bits per heavy atom. The number of aliphatic carboxylic acids is 1. The highest BCUT2D eigenvalue weighted by molar-refractivity contribution is 6.21. The van der Waals surface area contributed by atoms with Crippen molar-refractivity contribution in [2.24, 2.45) is 11.8 Å². The standard InChI is InChI=1S/C23H31ClO5/c24-19-13-21(26)18(15(19)7-3-1-2-4-12-23(27)28)14-29-22-11-6-8-16-17(22)9-5-10-20(16)25/h1,3,6,8,11,15,18-21,25-26H,2,4-5,7,9-10,12-14H2,(H,27,28)/b3-1-/t15-,18-,19+,20?,21-/m1/s1. The van der Waals surface area contributed by atoms with E-state index in [-0.39, 0.29) is 23.6 Å². The first-order chi connectivity index (χ1) is 14.0. The number of fused-ring (bicyclic) bond motifs is 1. The Morgan fingerprint density at radius 1 is 1.24 bits per heavy atom. The minimum absolute atomic E-state index is 0.0504. The molecule has 0 heterocycles. The molecular formula is C23H31ClO5. The Hall–Kier alpha value is -1.56. The zero-order chi connectivity index (χ0) is 20.8. The van der Waals surface area contributed by atoms with E-state index in [0.717, 1.165) is 49.0 Å². The number of carbonyl (C=O) groups is 1. The highest BCUT2D eigenvalue weighted by atomic mass is 35.5. The summed E-state index contributed by atoms with van der Waals surface area (Å²) in [5.41, 5.74) is 2.04. The normalized spacial score (nSPS) is 29.1. The number of unbranched alkanes of at least 4 members (excludes halogenated alkanes) is 1. The average Bonchev–Trinajstić information content (AvgIpc) is 2.95. The van der Waals surface area contributed by atoms with Gasteiger partial charge in [0.05, 0.1) is 18.8 Å². The molecule has 3 rings (SSSR count). The van der Waals surface area contributed by atoms with E-state index in [2.05, 4.69) is 0 Å². The Balaban J connectivity index is 1.58. The summed E-state index contributed by atoms with van der Waals surface area (Å²) in [6.45, 7) is 0.397. The van der Waals surface area contributed by atoms with Crippen molar-refractivity contribution in [3.63, 3.8) is 0 Å². The lowest BCUT2D eigenvalue weighted by atomic mass is 9.88. The molecule has 0 spiro atoms. The van der Waals surface area contributed by atoms with E-state index in [1.54, 1.807) is 0 Å². The molecule has 29 heavy (non-hydrogen) atoms. The van der Waals surface area contributed by atoms with Crippen molar-refractivity contribution in [3.05, 3.63) is 41.5 Å². The molecule has 0 saturated heterocycles. The highest BCUT2D eigenvalue weighted by Gasteiger charge is 2.41. The van der Waals surface area contributed by atoms with Gasteiger partial charge in [-0.1, -0.05) is 24.3 Å². The summed E-state index contributed by atoms with van der Waals surface area (Å²) in [6, 6.07) is 5.81. The van der Waals surface area contributed by atoms with Gasteiger partial charge < -0.3 is 20.1 Å². The molecule has 1 aromatic carbocycles. The first-order valence-electron chi connectivity index (χ1n) is 10.6. The number of hydrogen-bond acceptors (Lipinski definition) is 4. The number of alkyl halides is 1. The summed E-state index contributed by atoms with van der Waals surface area (Å²) < 4.78 is 6.14. The Morgan fingerprint density at radius 2 is 2.07 bits per heavy atom. The molecule has 1 aromatic rings. The molecule has 0 amide bonds. The van der Waals surface area contributed by atoms with E-state index in [1.165, 1.54) is 0 Å². The molecule has 0 aromatic heterocycles. The quantitative estimate of drug-likeness (QED) is 0.315. The molecule has 2 aliphatic carbocycles. The van der Waals surface area contributed by atoms with Gasteiger partial charge in [-0.25, -0.2) is 0 Å². The van der Waals surface area contributed by atoms with E-state index in [9.17, 15) is 15.0 Å². The Bertz CT molecular complexity index is 719. The van der Waals surface area contributed by atoms with Crippen LogP contribution in [-0.2, 0) is 11.2 Å². The van der Waals surface area contributed by atoms with Crippen LogP contribution in [0.2, 0.25) is 0 Å². The fourth-order valence-corrected chi connectivity index (χ4v) is 5.02. The molecule has 1 fully saturated rings. The van der Waals surface area contributed by atoms with E-state index >= 15 is 0 Å². The summed E-state index contributed by atoms with van der Waals surface area (Å²) in [6.07, 6.45) is 8.60. The maximum absolute atomic E-state index is 10.6. The van der Waals surface area contributed by atoms with Gasteiger partial charge in [-0.15, -0.1) is 11.6 Å². The maximum atomic E-state index is 10.6. The van der Waals surface area contributed by atoms with Crippen LogP contribution >= 0.6 is 11.6 Å². The maximum Gasteiger partial charge on any atom is 0.303 e. The van der Waals surface area contributed by atoms with Crippen LogP contribution in [0.3, 0.4) is 0 Å². The van der Waals surface area contributed by atoms with Gasteiger partial charge in [0.15, 0.2) is 0 Å². The van der Waals surface area contributed by atoms with Crippen LogP contribution in [0.15, 0.2) is 30.4 Å². The third kappa shape index (κ3) is 5.74. The molecule has 0 bridgehead atoms. The minimum atomic E-state index is -0.772. The lowest BCUT2D eigenvalue weighted by molar-refractivity contribution is -0.137. The van der Waals surface area contributed by atoms with Gasteiger partial charge in [0.1, 0.15) is 5.75 Å². The van der Waals surface area contributed by atoms with E-state index < -0.39 is 18.2 Å². The fourth-order valence-electron chi connectivity index (χ4n) is 4.54. The van der Waals surface area contributed by atoms with Crippen molar-refractivity contribution in [2.75, 3.05) is 6.61 Å². The van der Waals surface area contributed by atoms with Crippen LogP contribution < -0.4 is 4.74 Å². The van der Waals surface area contributed by atoms with Gasteiger partial charge in [0.25, 0.3) is 0 Å². The van der Waals surface area contributed by atoms with Crippen molar-refractivity contribution in [1.82, 2.24) is 0 Å². The molecule has 0 radical (unpaired) electrons. The van der Waals surface area contributed by atoms with Gasteiger partial charge in [0, 0.05) is 17.7 Å². The summed E-state index contributed by atoms with van der Waals surface area (Å²) in [5.74, 6) is 0.0958. The summed E-state index contributed by atoms with van der Waals surface area (Å²) in [7, 11) is 0. The van der Waals surface area contributed by atoms with Crippen LogP contribution in [0.5, 0.6) is 5.75 Å². The summed E-state index contributed by atoms with van der Waals surface area (Å²) >= 11 is 6.51. The molecule has 0 aliphatic heterocycles. The molecular weight excluding hydrogens is 392 g/mol. The zero-order valence-corrected chi connectivity index (χ0v) is 17.4. The predicted molar refractivity (Wildman–Crippen MR) is 112 cm³/mol. The van der Waals surface area contributed by atoms with Crippen LogP contribution in [0.1, 0.15) is 62.2 Å². The monoisotopic (exact) mass is 422 g/mol. The number of hydrogen-bond donors (Lipinski definition) is 3. The van der Waals surface area contributed by atoms with E-state index in [1.807, 2.05) is 30.4 Å². The number of rotatable bonds is 9. The summed E-state index contributed by atoms with van der Waals surface area (Å²) in [4.78, 5) is 10.6. The molecule has 160 valence electrons. The van der Waals surface area contributed by atoms with E-state index in [0.29, 0.717) is 19.4 Å². The van der Waals surface area contributed by atoms with Crippen LogP contribution in [0, 0.1) is 11.8 Å². The zero-order valence-electron chi connectivity index (χ0n) is 16.7. The first kappa shape index (κ1) is 22.1. The van der Waals surface area contributed by atoms with Gasteiger partial charge in [-0.05, 0) is 68.1 Å². The highest BCUT2D eigenvalue weighted by Crippen LogP contribution is 2.40. The fraction of sp³-hybridized carbons (Fsp3) is 0.609. The minimum Gasteiger partial charge on any atom is -0.493 e. The van der Waals surface area contributed by atoms with Crippen LogP contribution in [0.25, 0.3) is 0 Å². The van der Waals surface area contributed by atoms with Gasteiger partial charge in [0.2, 0.25) is 0 Å². The Kier molecular flexibility index (Phi) is 7.99. The predicted octanol–water partition coefficient (Wildman–Crippen LogP) is 4.24. The van der Waals surface area contributed by atoms with Crippen molar-refractivity contribution in [3.8, 4) is 5.75 Å². The smallest absolute Gasteiger partial charge is 0.303 e. The van der Waals surface area contributed by atoms with Crippen molar-refractivity contribution >= 4 is 17.6 Å². The van der Waals surface area contributed by atoms with Gasteiger partial charge >= 0.3 is 5.97 Å². The second-order valence-electron chi connectivity index (χ2n) is 8.18. The second-order valence-corrected chi connectivity index (χ2v) is 8.74. The molecule has 2 aliphatic rings. The lowest BCUT2D eigenvalue weighted by Crippen LogP contribution is -2.27. The molecule has 6 heteroatoms. The first-order valence-corrected chi connectivity index (χ1v) is 11.0. The number of aliphatic hydroxyl groups is 2. The number of benzene rings is 1. The largest absolute Gasteiger partial charge is 0.493 e. The van der Waals surface area contributed by atoms with Crippen molar-refractivity contribution in [2.45, 2.75) is 69.0 Å². The topological polar surface area (TPSA) is 87.0 Å².